The van der Waals surface area contributed by atoms with Crippen molar-refractivity contribution >= 4 is 10.9 Å². The molecule has 0 saturated heterocycles. The second-order valence-corrected chi connectivity index (χ2v) is 5.72. The van der Waals surface area contributed by atoms with E-state index < -0.39 is 0 Å². The highest BCUT2D eigenvalue weighted by atomic mass is 16.5. The fraction of sp³-hybridized carbons (Fsp3) is 0.529. The van der Waals surface area contributed by atoms with Crippen LogP contribution in [0.1, 0.15) is 32.1 Å². The highest BCUT2D eigenvalue weighted by molar-refractivity contribution is 5.81. The van der Waals surface area contributed by atoms with Gasteiger partial charge in [0.05, 0.1) is 7.11 Å². The average Bonchev–Trinajstić information content (AvgIpc) is 2.91. The van der Waals surface area contributed by atoms with Crippen molar-refractivity contribution in [3.8, 4) is 5.75 Å². The van der Waals surface area contributed by atoms with Gasteiger partial charge in [-0.1, -0.05) is 19.3 Å². The fourth-order valence-corrected chi connectivity index (χ4v) is 3.20. The zero-order valence-corrected chi connectivity index (χ0v) is 12.3. The van der Waals surface area contributed by atoms with Gasteiger partial charge in [0.2, 0.25) is 0 Å². The standard InChI is InChI=1S/C17H24N2O/c1-20-16-7-8-17-14(13-16)9-11-19(17)12-10-18-15-5-3-2-4-6-15/h7-9,11,13,15,18H,2-6,10,12H2,1H3. The molecule has 0 amide bonds. The number of benzene rings is 1. The Hall–Kier alpha value is -1.48. The predicted octanol–water partition coefficient (Wildman–Crippen LogP) is 3.57. The molecule has 0 bridgehead atoms. The zero-order chi connectivity index (χ0) is 13.8. The van der Waals surface area contributed by atoms with Gasteiger partial charge in [-0.15, -0.1) is 0 Å². The number of fused-ring (bicyclic) bond motifs is 1. The number of methoxy groups -OCH3 is 1. The molecule has 1 aromatic heterocycles. The summed E-state index contributed by atoms with van der Waals surface area (Å²) < 4.78 is 7.59. The summed E-state index contributed by atoms with van der Waals surface area (Å²) in [5.41, 5.74) is 1.29. The van der Waals surface area contributed by atoms with Crippen LogP contribution in [0, 0.1) is 0 Å². The van der Waals surface area contributed by atoms with Crippen molar-refractivity contribution in [2.75, 3.05) is 13.7 Å². The molecule has 20 heavy (non-hydrogen) atoms. The minimum atomic E-state index is 0.741. The lowest BCUT2D eigenvalue weighted by Crippen LogP contribution is -2.33. The molecule has 3 heteroatoms. The summed E-state index contributed by atoms with van der Waals surface area (Å²) >= 11 is 0. The summed E-state index contributed by atoms with van der Waals surface area (Å²) in [4.78, 5) is 0. The highest BCUT2D eigenvalue weighted by Crippen LogP contribution is 2.22. The van der Waals surface area contributed by atoms with E-state index in [0.29, 0.717) is 0 Å². The van der Waals surface area contributed by atoms with Crippen molar-refractivity contribution in [3.05, 3.63) is 30.5 Å². The molecule has 0 spiro atoms. The number of hydrogen-bond acceptors (Lipinski definition) is 2. The van der Waals surface area contributed by atoms with Crippen LogP contribution in [-0.4, -0.2) is 24.3 Å². The second kappa shape index (κ2) is 6.31. The van der Waals surface area contributed by atoms with Crippen LogP contribution in [-0.2, 0) is 6.54 Å². The Morgan fingerprint density at radius 2 is 2.05 bits per heavy atom. The first-order chi connectivity index (χ1) is 9.86. The third kappa shape index (κ3) is 2.98. The molecule has 3 rings (SSSR count). The largest absolute Gasteiger partial charge is 0.497 e. The lowest BCUT2D eigenvalue weighted by Gasteiger charge is -2.23. The first-order valence-corrected chi connectivity index (χ1v) is 7.73. The summed E-state index contributed by atoms with van der Waals surface area (Å²) in [5, 5.41) is 4.95. The minimum Gasteiger partial charge on any atom is -0.497 e. The molecule has 1 aliphatic carbocycles. The maximum atomic E-state index is 5.27. The molecular formula is C17H24N2O. The Kier molecular flexibility index (Phi) is 4.26. The van der Waals surface area contributed by atoms with Crippen molar-refractivity contribution in [2.24, 2.45) is 0 Å². The van der Waals surface area contributed by atoms with Crippen LogP contribution < -0.4 is 10.1 Å². The van der Waals surface area contributed by atoms with Crippen LogP contribution in [0.4, 0.5) is 0 Å². The van der Waals surface area contributed by atoms with E-state index in [1.165, 1.54) is 43.0 Å². The molecule has 0 aliphatic heterocycles. The third-order valence-corrected chi connectivity index (χ3v) is 4.37. The molecule has 0 atom stereocenters. The van der Waals surface area contributed by atoms with E-state index in [2.05, 4.69) is 34.3 Å². The van der Waals surface area contributed by atoms with Gasteiger partial charge in [0.15, 0.2) is 0 Å². The van der Waals surface area contributed by atoms with Gasteiger partial charge in [0, 0.05) is 36.2 Å². The van der Waals surface area contributed by atoms with E-state index >= 15 is 0 Å². The molecule has 1 fully saturated rings. The van der Waals surface area contributed by atoms with Crippen LogP contribution in [0.5, 0.6) is 5.75 Å². The smallest absolute Gasteiger partial charge is 0.119 e. The van der Waals surface area contributed by atoms with Crippen LogP contribution in [0.3, 0.4) is 0 Å². The summed E-state index contributed by atoms with van der Waals surface area (Å²) in [6.07, 6.45) is 9.08. The number of ether oxygens (including phenoxy) is 1. The first-order valence-electron chi connectivity index (χ1n) is 7.73. The quantitative estimate of drug-likeness (QED) is 0.900. The van der Waals surface area contributed by atoms with Crippen molar-refractivity contribution in [2.45, 2.75) is 44.7 Å². The number of aromatic nitrogens is 1. The Balaban J connectivity index is 1.59. The van der Waals surface area contributed by atoms with E-state index in [9.17, 15) is 0 Å². The van der Waals surface area contributed by atoms with Crippen LogP contribution in [0.25, 0.3) is 10.9 Å². The van der Waals surface area contributed by atoms with E-state index in [4.69, 9.17) is 4.74 Å². The molecule has 1 heterocycles. The van der Waals surface area contributed by atoms with Gasteiger partial charge >= 0.3 is 0 Å². The molecule has 0 radical (unpaired) electrons. The molecule has 0 unspecified atom stereocenters. The molecule has 1 saturated carbocycles. The topological polar surface area (TPSA) is 26.2 Å². The lowest BCUT2D eigenvalue weighted by atomic mass is 9.95. The minimum absolute atomic E-state index is 0.741. The van der Waals surface area contributed by atoms with Crippen molar-refractivity contribution < 1.29 is 4.74 Å². The van der Waals surface area contributed by atoms with Gasteiger partial charge in [0.25, 0.3) is 0 Å². The Morgan fingerprint density at radius 3 is 2.85 bits per heavy atom. The molecule has 1 N–H and O–H groups in total. The van der Waals surface area contributed by atoms with E-state index in [1.807, 2.05) is 6.07 Å². The van der Waals surface area contributed by atoms with E-state index in [1.54, 1.807) is 7.11 Å². The SMILES string of the molecule is COc1ccc2c(ccn2CCNC2CCCCC2)c1. The van der Waals surface area contributed by atoms with E-state index in [-0.39, 0.29) is 0 Å². The maximum absolute atomic E-state index is 5.27. The number of hydrogen-bond donors (Lipinski definition) is 1. The molecule has 1 aliphatic rings. The van der Waals surface area contributed by atoms with E-state index in [0.717, 1.165) is 24.9 Å². The predicted molar refractivity (Wildman–Crippen MR) is 83.4 cm³/mol. The number of nitrogens with zero attached hydrogens (tertiary/aromatic N) is 1. The van der Waals surface area contributed by atoms with Crippen molar-refractivity contribution in [3.63, 3.8) is 0 Å². The Bertz CT molecular complexity index is 555. The van der Waals surface area contributed by atoms with Gasteiger partial charge in [0.1, 0.15) is 5.75 Å². The molecule has 3 nitrogen and oxygen atoms in total. The Labute approximate surface area is 120 Å². The van der Waals surface area contributed by atoms with Gasteiger partial charge in [-0.05, 0) is 37.1 Å². The number of rotatable bonds is 5. The monoisotopic (exact) mass is 272 g/mol. The summed E-state index contributed by atoms with van der Waals surface area (Å²) in [6, 6.07) is 9.19. The fourth-order valence-electron chi connectivity index (χ4n) is 3.20. The third-order valence-electron chi connectivity index (χ3n) is 4.37. The Morgan fingerprint density at radius 1 is 1.20 bits per heavy atom. The normalized spacial score (nSPS) is 16.6. The molecule has 108 valence electrons. The average molecular weight is 272 g/mol. The summed E-state index contributed by atoms with van der Waals surface area (Å²) in [5.74, 6) is 0.926. The summed E-state index contributed by atoms with van der Waals surface area (Å²) in [6.45, 7) is 2.09. The van der Waals surface area contributed by atoms with Gasteiger partial charge in [-0.2, -0.15) is 0 Å². The zero-order valence-electron chi connectivity index (χ0n) is 12.3. The molecule has 1 aromatic carbocycles. The van der Waals surface area contributed by atoms with Crippen molar-refractivity contribution in [1.29, 1.82) is 0 Å². The van der Waals surface area contributed by atoms with Crippen molar-refractivity contribution in [1.82, 2.24) is 9.88 Å². The highest BCUT2D eigenvalue weighted by Gasteiger charge is 2.12. The van der Waals surface area contributed by atoms with Crippen LogP contribution in [0.15, 0.2) is 30.5 Å². The first kappa shape index (κ1) is 13.5. The summed E-state index contributed by atoms with van der Waals surface area (Å²) in [7, 11) is 1.71. The van der Waals surface area contributed by atoms with Gasteiger partial charge in [-0.3, -0.25) is 0 Å². The van der Waals surface area contributed by atoms with Crippen LogP contribution in [0.2, 0.25) is 0 Å². The molecular weight excluding hydrogens is 248 g/mol. The van der Waals surface area contributed by atoms with Crippen LogP contribution >= 0.6 is 0 Å². The number of nitrogens with one attached hydrogen (secondary N) is 1. The van der Waals surface area contributed by atoms with Gasteiger partial charge in [-0.25, -0.2) is 0 Å². The lowest BCUT2D eigenvalue weighted by molar-refractivity contribution is 0.369. The maximum Gasteiger partial charge on any atom is 0.119 e. The molecule has 2 aromatic rings. The van der Waals surface area contributed by atoms with Gasteiger partial charge < -0.3 is 14.6 Å². The second-order valence-electron chi connectivity index (χ2n) is 5.72.